The SMILES string of the molecule is CC(N)CN(C)CCS(=O)(=O)C(C)(C)C. The fourth-order valence-corrected chi connectivity index (χ4v) is 2.33. The minimum atomic E-state index is -3.01. The number of sulfone groups is 1. The highest BCUT2D eigenvalue weighted by molar-refractivity contribution is 7.92. The molecule has 2 N–H and O–H groups in total. The van der Waals surface area contributed by atoms with Crippen molar-refractivity contribution in [2.75, 3.05) is 25.9 Å². The molecule has 0 radical (unpaired) electrons. The first-order valence-electron chi connectivity index (χ1n) is 5.22. The summed E-state index contributed by atoms with van der Waals surface area (Å²) in [6, 6.07) is 0.0762. The predicted molar refractivity (Wildman–Crippen MR) is 64.7 cm³/mol. The molecule has 1 atom stereocenters. The van der Waals surface area contributed by atoms with Crippen LogP contribution in [0, 0.1) is 0 Å². The smallest absolute Gasteiger partial charge is 0.156 e. The van der Waals surface area contributed by atoms with Gasteiger partial charge in [0.2, 0.25) is 0 Å². The maximum Gasteiger partial charge on any atom is 0.156 e. The fourth-order valence-electron chi connectivity index (χ4n) is 1.17. The van der Waals surface area contributed by atoms with Crippen molar-refractivity contribution in [3.63, 3.8) is 0 Å². The van der Waals surface area contributed by atoms with Gasteiger partial charge in [-0.3, -0.25) is 0 Å². The first kappa shape index (κ1) is 14.9. The molecule has 0 aliphatic heterocycles. The van der Waals surface area contributed by atoms with Crippen LogP contribution in [-0.4, -0.2) is 50.0 Å². The Morgan fingerprint density at radius 2 is 1.80 bits per heavy atom. The average molecular weight is 236 g/mol. The summed E-state index contributed by atoms with van der Waals surface area (Å²) in [6.07, 6.45) is 0. The van der Waals surface area contributed by atoms with Crippen molar-refractivity contribution in [1.82, 2.24) is 4.90 Å². The van der Waals surface area contributed by atoms with Crippen LogP contribution in [0.5, 0.6) is 0 Å². The van der Waals surface area contributed by atoms with Gasteiger partial charge >= 0.3 is 0 Å². The van der Waals surface area contributed by atoms with E-state index in [2.05, 4.69) is 0 Å². The van der Waals surface area contributed by atoms with E-state index in [9.17, 15) is 8.42 Å². The molecule has 5 heteroatoms. The van der Waals surface area contributed by atoms with E-state index in [1.165, 1.54) is 0 Å². The first-order chi connectivity index (χ1) is 6.56. The summed E-state index contributed by atoms with van der Waals surface area (Å²) < 4.78 is 22.9. The Hall–Kier alpha value is -0.130. The van der Waals surface area contributed by atoms with Crippen molar-refractivity contribution in [2.24, 2.45) is 5.73 Å². The van der Waals surface area contributed by atoms with Crippen molar-refractivity contribution in [2.45, 2.75) is 38.5 Å². The van der Waals surface area contributed by atoms with E-state index in [0.29, 0.717) is 6.54 Å². The molecule has 0 heterocycles. The third-order valence-electron chi connectivity index (χ3n) is 2.27. The largest absolute Gasteiger partial charge is 0.327 e. The molecular formula is C10H24N2O2S. The average Bonchev–Trinajstić information content (AvgIpc) is 1.97. The van der Waals surface area contributed by atoms with Gasteiger partial charge in [-0.1, -0.05) is 0 Å². The highest BCUT2D eigenvalue weighted by Gasteiger charge is 2.28. The number of likely N-dealkylation sites (N-methyl/N-ethyl adjacent to an activating group) is 1. The topological polar surface area (TPSA) is 63.4 Å². The third kappa shape index (κ3) is 5.49. The van der Waals surface area contributed by atoms with Crippen molar-refractivity contribution < 1.29 is 8.42 Å². The summed E-state index contributed by atoms with van der Waals surface area (Å²) in [5.74, 6) is 0.194. The van der Waals surface area contributed by atoms with Gasteiger partial charge in [0, 0.05) is 19.1 Å². The van der Waals surface area contributed by atoms with E-state index < -0.39 is 14.6 Å². The second kappa shape index (κ2) is 5.27. The lowest BCUT2D eigenvalue weighted by Crippen LogP contribution is -2.39. The molecule has 15 heavy (non-hydrogen) atoms. The summed E-state index contributed by atoms with van der Waals surface area (Å²) in [4.78, 5) is 1.95. The van der Waals surface area contributed by atoms with Crippen LogP contribution in [0.1, 0.15) is 27.7 Å². The minimum Gasteiger partial charge on any atom is -0.327 e. The van der Waals surface area contributed by atoms with Crippen molar-refractivity contribution >= 4 is 9.84 Å². The van der Waals surface area contributed by atoms with Crippen LogP contribution in [0.15, 0.2) is 0 Å². The maximum atomic E-state index is 11.8. The monoisotopic (exact) mass is 236 g/mol. The third-order valence-corrected chi connectivity index (χ3v) is 4.86. The molecule has 0 spiro atoms. The highest BCUT2D eigenvalue weighted by atomic mass is 32.2. The molecule has 1 unspecified atom stereocenters. The number of rotatable bonds is 5. The van der Waals surface area contributed by atoms with Crippen LogP contribution in [-0.2, 0) is 9.84 Å². The molecular weight excluding hydrogens is 212 g/mol. The number of hydrogen-bond donors (Lipinski definition) is 1. The zero-order chi connectivity index (χ0) is 12.3. The highest BCUT2D eigenvalue weighted by Crippen LogP contribution is 2.15. The van der Waals surface area contributed by atoms with Gasteiger partial charge in [-0.05, 0) is 34.7 Å². The summed E-state index contributed by atoms with van der Waals surface area (Å²) in [6.45, 7) is 8.37. The van der Waals surface area contributed by atoms with E-state index in [-0.39, 0.29) is 11.8 Å². The molecule has 0 amide bonds. The Balaban J connectivity index is 4.17. The molecule has 0 aliphatic rings. The van der Waals surface area contributed by atoms with Crippen LogP contribution in [0.2, 0.25) is 0 Å². The first-order valence-corrected chi connectivity index (χ1v) is 6.88. The number of hydrogen-bond acceptors (Lipinski definition) is 4. The van der Waals surface area contributed by atoms with E-state index >= 15 is 0 Å². The van der Waals surface area contributed by atoms with Crippen molar-refractivity contribution in [3.05, 3.63) is 0 Å². The van der Waals surface area contributed by atoms with Crippen molar-refractivity contribution in [3.8, 4) is 0 Å². The van der Waals surface area contributed by atoms with Crippen LogP contribution < -0.4 is 5.73 Å². The van der Waals surface area contributed by atoms with E-state index in [1.54, 1.807) is 20.8 Å². The molecule has 0 aromatic carbocycles. The van der Waals surface area contributed by atoms with Gasteiger partial charge in [-0.15, -0.1) is 0 Å². The summed E-state index contributed by atoms with van der Waals surface area (Å²) >= 11 is 0. The minimum absolute atomic E-state index is 0.0762. The molecule has 0 aromatic rings. The fraction of sp³-hybridized carbons (Fsp3) is 1.00. The molecule has 0 bridgehead atoms. The molecule has 0 aliphatic carbocycles. The number of nitrogens with two attached hydrogens (primary N) is 1. The molecule has 4 nitrogen and oxygen atoms in total. The Morgan fingerprint density at radius 3 is 2.13 bits per heavy atom. The molecule has 0 saturated heterocycles. The van der Waals surface area contributed by atoms with E-state index in [4.69, 9.17) is 5.73 Å². The predicted octanol–water partition coefficient (Wildman–Crippen LogP) is 0.479. The maximum absolute atomic E-state index is 11.8. The molecule has 0 aromatic heterocycles. The standard InChI is InChI=1S/C10H24N2O2S/c1-9(11)8-12(5)6-7-15(13,14)10(2,3)4/h9H,6-8,11H2,1-5H3. The Bertz CT molecular complexity index is 278. The Labute approximate surface area is 93.7 Å². The summed E-state index contributed by atoms with van der Waals surface area (Å²) in [5.41, 5.74) is 5.63. The zero-order valence-corrected chi connectivity index (χ0v) is 11.3. The van der Waals surface area contributed by atoms with E-state index in [1.807, 2.05) is 18.9 Å². The zero-order valence-electron chi connectivity index (χ0n) is 10.4. The van der Waals surface area contributed by atoms with Crippen LogP contribution in [0.3, 0.4) is 0 Å². The lowest BCUT2D eigenvalue weighted by Gasteiger charge is -2.23. The Morgan fingerprint density at radius 1 is 1.33 bits per heavy atom. The molecule has 92 valence electrons. The van der Waals surface area contributed by atoms with Gasteiger partial charge in [-0.25, -0.2) is 8.42 Å². The summed E-state index contributed by atoms with van der Waals surface area (Å²) in [7, 11) is -1.12. The van der Waals surface area contributed by atoms with Gasteiger partial charge in [0.1, 0.15) is 0 Å². The van der Waals surface area contributed by atoms with Crippen LogP contribution in [0.4, 0.5) is 0 Å². The number of nitrogens with zero attached hydrogens (tertiary/aromatic N) is 1. The van der Waals surface area contributed by atoms with Gasteiger partial charge in [0.05, 0.1) is 10.5 Å². The van der Waals surface area contributed by atoms with Crippen LogP contribution >= 0.6 is 0 Å². The molecule has 0 fully saturated rings. The van der Waals surface area contributed by atoms with Gasteiger partial charge in [0.15, 0.2) is 9.84 Å². The van der Waals surface area contributed by atoms with Gasteiger partial charge in [0.25, 0.3) is 0 Å². The van der Waals surface area contributed by atoms with Gasteiger partial charge in [-0.2, -0.15) is 0 Å². The van der Waals surface area contributed by atoms with Crippen LogP contribution in [0.25, 0.3) is 0 Å². The van der Waals surface area contributed by atoms with Gasteiger partial charge < -0.3 is 10.6 Å². The Kier molecular flexibility index (Phi) is 5.23. The normalized spacial score (nSPS) is 15.7. The lowest BCUT2D eigenvalue weighted by molar-refractivity contribution is 0.333. The molecule has 0 rings (SSSR count). The summed E-state index contributed by atoms with van der Waals surface area (Å²) in [5, 5.41) is 0. The lowest BCUT2D eigenvalue weighted by atomic mass is 10.3. The second-order valence-electron chi connectivity index (χ2n) is 5.17. The van der Waals surface area contributed by atoms with Crippen molar-refractivity contribution in [1.29, 1.82) is 0 Å². The molecule has 0 saturated carbocycles. The van der Waals surface area contributed by atoms with E-state index in [0.717, 1.165) is 6.54 Å². The second-order valence-corrected chi connectivity index (χ2v) is 8.03. The quantitative estimate of drug-likeness (QED) is 0.754.